The van der Waals surface area contributed by atoms with Crippen LogP contribution in [0.4, 0.5) is 5.69 Å². The molecule has 0 aliphatic rings. The quantitative estimate of drug-likeness (QED) is 0.588. The molecule has 25 heavy (non-hydrogen) atoms. The van der Waals surface area contributed by atoms with Crippen molar-refractivity contribution in [3.63, 3.8) is 0 Å². The standard InChI is InChI=1S/C17H16N2O6/c1-11(12-5-3-2-4-6-12)18-16(20)10-25-15-9-13(17(21)22)7-8-14(15)19(23)24/h2-9,11H,10H2,1H3,(H,18,20)(H,21,22). The van der Waals surface area contributed by atoms with Gasteiger partial charge in [-0.05, 0) is 18.6 Å². The summed E-state index contributed by atoms with van der Waals surface area (Å²) in [5, 5.41) is 22.6. The number of ether oxygens (including phenoxy) is 1. The molecule has 0 aliphatic carbocycles. The van der Waals surface area contributed by atoms with E-state index in [0.717, 1.165) is 23.8 Å². The van der Waals surface area contributed by atoms with E-state index < -0.39 is 29.1 Å². The predicted molar refractivity (Wildman–Crippen MR) is 88.6 cm³/mol. The number of carboxylic acids is 1. The van der Waals surface area contributed by atoms with E-state index >= 15 is 0 Å². The number of carbonyl (C=O) groups excluding carboxylic acids is 1. The molecule has 1 atom stereocenters. The van der Waals surface area contributed by atoms with Crippen LogP contribution in [0, 0.1) is 10.1 Å². The molecular weight excluding hydrogens is 328 g/mol. The first kappa shape index (κ1) is 17.9. The summed E-state index contributed by atoms with van der Waals surface area (Å²) in [6, 6.07) is 12.1. The minimum Gasteiger partial charge on any atom is -0.478 e. The number of nitro groups is 1. The van der Waals surface area contributed by atoms with Crippen LogP contribution in [-0.2, 0) is 4.79 Å². The molecule has 0 bridgehead atoms. The maximum atomic E-state index is 12.0. The van der Waals surface area contributed by atoms with Crippen molar-refractivity contribution in [1.29, 1.82) is 0 Å². The van der Waals surface area contributed by atoms with Crippen molar-refractivity contribution >= 4 is 17.6 Å². The summed E-state index contributed by atoms with van der Waals surface area (Å²) >= 11 is 0. The summed E-state index contributed by atoms with van der Waals surface area (Å²) in [4.78, 5) is 33.2. The molecule has 0 aliphatic heterocycles. The van der Waals surface area contributed by atoms with E-state index in [1.54, 1.807) is 6.92 Å². The Morgan fingerprint density at radius 2 is 1.92 bits per heavy atom. The smallest absolute Gasteiger partial charge is 0.335 e. The number of benzene rings is 2. The number of nitrogens with one attached hydrogen (secondary N) is 1. The Kier molecular flexibility index (Phi) is 5.67. The zero-order valence-corrected chi connectivity index (χ0v) is 13.3. The van der Waals surface area contributed by atoms with E-state index in [0.29, 0.717) is 0 Å². The Hall–Kier alpha value is -3.42. The summed E-state index contributed by atoms with van der Waals surface area (Å²) < 4.78 is 5.17. The van der Waals surface area contributed by atoms with Gasteiger partial charge in [0.2, 0.25) is 0 Å². The number of aromatic carboxylic acids is 1. The van der Waals surface area contributed by atoms with Gasteiger partial charge in [0.15, 0.2) is 12.4 Å². The number of rotatable bonds is 7. The second kappa shape index (κ2) is 7.91. The third-order valence-corrected chi connectivity index (χ3v) is 3.44. The number of carbonyl (C=O) groups is 2. The fourth-order valence-electron chi connectivity index (χ4n) is 2.17. The van der Waals surface area contributed by atoms with Crippen LogP contribution in [0.3, 0.4) is 0 Å². The molecule has 2 rings (SSSR count). The van der Waals surface area contributed by atoms with Gasteiger partial charge in [0, 0.05) is 12.1 Å². The first-order valence-electron chi connectivity index (χ1n) is 7.37. The lowest BCUT2D eigenvalue weighted by Crippen LogP contribution is -2.31. The van der Waals surface area contributed by atoms with Crippen LogP contribution in [0.2, 0.25) is 0 Å². The highest BCUT2D eigenvalue weighted by Gasteiger charge is 2.19. The third-order valence-electron chi connectivity index (χ3n) is 3.44. The normalized spacial score (nSPS) is 11.4. The van der Waals surface area contributed by atoms with Crippen molar-refractivity contribution in [3.05, 3.63) is 69.8 Å². The van der Waals surface area contributed by atoms with Crippen molar-refractivity contribution in [3.8, 4) is 5.75 Å². The lowest BCUT2D eigenvalue weighted by molar-refractivity contribution is -0.385. The number of amides is 1. The van der Waals surface area contributed by atoms with Gasteiger partial charge in [-0.3, -0.25) is 14.9 Å². The molecule has 2 aromatic carbocycles. The van der Waals surface area contributed by atoms with Gasteiger partial charge >= 0.3 is 11.7 Å². The highest BCUT2D eigenvalue weighted by Crippen LogP contribution is 2.28. The third kappa shape index (κ3) is 4.77. The molecule has 2 aromatic rings. The summed E-state index contributed by atoms with van der Waals surface area (Å²) in [6.07, 6.45) is 0. The zero-order valence-electron chi connectivity index (χ0n) is 13.3. The van der Waals surface area contributed by atoms with E-state index in [4.69, 9.17) is 9.84 Å². The van der Waals surface area contributed by atoms with Gasteiger partial charge in [0.25, 0.3) is 5.91 Å². The molecule has 0 saturated heterocycles. The molecule has 0 aromatic heterocycles. The second-order valence-corrected chi connectivity index (χ2v) is 5.23. The largest absolute Gasteiger partial charge is 0.478 e. The molecular formula is C17H16N2O6. The molecule has 1 unspecified atom stereocenters. The average Bonchev–Trinajstić information content (AvgIpc) is 2.60. The van der Waals surface area contributed by atoms with Gasteiger partial charge in [0.1, 0.15) is 0 Å². The molecule has 130 valence electrons. The number of nitrogens with zero attached hydrogens (tertiary/aromatic N) is 1. The van der Waals surface area contributed by atoms with Crippen LogP contribution in [0.15, 0.2) is 48.5 Å². The van der Waals surface area contributed by atoms with E-state index in [1.165, 1.54) is 0 Å². The predicted octanol–water partition coefficient (Wildman–Crippen LogP) is 2.55. The Morgan fingerprint density at radius 1 is 1.24 bits per heavy atom. The van der Waals surface area contributed by atoms with Gasteiger partial charge in [-0.1, -0.05) is 30.3 Å². The fraction of sp³-hybridized carbons (Fsp3) is 0.176. The summed E-state index contributed by atoms with van der Waals surface area (Å²) in [5.74, 6) is -2.00. The minimum absolute atomic E-state index is 0.168. The molecule has 1 amide bonds. The topological polar surface area (TPSA) is 119 Å². The molecule has 8 nitrogen and oxygen atoms in total. The monoisotopic (exact) mass is 344 g/mol. The van der Waals surface area contributed by atoms with E-state index in [-0.39, 0.29) is 17.4 Å². The maximum absolute atomic E-state index is 12.0. The molecule has 0 spiro atoms. The number of hydrogen-bond donors (Lipinski definition) is 2. The SMILES string of the molecule is CC(NC(=O)COc1cc(C(=O)O)ccc1[N+](=O)[O-])c1ccccc1. The number of nitro benzene ring substituents is 1. The van der Waals surface area contributed by atoms with Crippen molar-refractivity contribution in [2.75, 3.05) is 6.61 Å². The van der Waals surface area contributed by atoms with Crippen LogP contribution in [-0.4, -0.2) is 28.5 Å². The first-order valence-corrected chi connectivity index (χ1v) is 7.37. The molecule has 0 saturated carbocycles. The molecule has 2 N–H and O–H groups in total. The van der Waals surface area contributed by atoms with Gasteiger partial charge < -0.3 is 15.2 Å². The Bertz CT molecular complexity index is 791. The highest BCUT2D eigenvalue weighted by molar-refractivity contribution is 5.88. The van der Waals surface area contributed by atoms with Crippen molar-refractivity contribution in [2.24, 2.45) is 0 Å². The van der Waals surface area contributed by atoms with Gasteiger partial charge in [-0.2, -0.15) is 0 Å². The summed E-state index contributed by atoms with van der Waals surface area (Å²) in [7, 11) is 0. The van der Waals surface area contributed by atoms with Gasteiger partial charge in [0.05, 0.1) is 16.5 Å². The van der Waals surface area contributed by atoms with Crippen LogP contribution >= 0.6 is 0 Å². The van der Waals surface area contributed by atoms with Crippen LogP contribution < -0.4 is 10.1 Å². The highest BCUT2D eigenvalue weighted by atomic mass is 16.6. The molecule has 0 radical (unpaired) electrons. The van der Waals surface area contributed by atoms with E-state index in [2.05, 4.69) is 5.32 Å². The van der Waals surface area contributed by atoms with Gasteiger partial charge in [-0.25, -0.2) is 4.79 Å². The van der Waals surface area contributed by atoms with Crippen molar-refractivity contribution < 1.29 is 24.4 Å². The Morgan fingerprint density at radius 3 is 2.52 bits per heavy atom. The Balaban J connectivity index is 2.04. The maximum Gasteiger partial charge on any atom is 0.335 e. The molecule has 0 fully saturated rings. The van der Waals surface area contributed by atoms with Crippen LogP contribution in [0.5, 0.6) is 5.75 Å². The van der Waals surface area contributed by atoms with Crippen molar-refractivity contribution in [2.45, 2.75) is 13.0 Å². The first-order chi connectivity index (χ1) is 11.9. The Labute approximate surface area is 143 Å². The van der Waals surface area contributed by atoms with Crippen molar-refractivity contribution in [1.82, 2.24) is 5.32 Å². The lowest BCUT2D eigenvalue weighted by Gasteiger charge is -2.14. The zero-order chi connectivity index (χ0) is 18.4. The second-order valence-electron chi connectivity index (χ2n) is 5.23. The van der Waals surface area contributed by atoms with Crippen LogP contribution in [0.1, 0.15) is 28.9 Å². The van der Waals surface area contributed by atoms with E-state index in [9.17, 15) is 19.7 Å². The van der Waals surface area contributed by atoms with Crippen LogP contribution in [0.25, 0.3) is 0 Å². The number of carboxylic acid groups (broad SMARTS) is 1. The average molecular weight is 344 g/mol. The lowest BCUT2D eigenvalue weighted by atomic mass is 10.1. The fourth-order valence-corrected chi connectivity index (χ4v) is 2.17. The van der Waals surface area contributed by atoms with E-state index in [1.807, 2.05) is 30.3 Å². The molecule has 8 heteroatoms. The molecule has 0 heterocycles. The van der Waals surface area contributed by atoms with Gasteiger partial charge in [-0.15, -0.1) is 0 Å². The minimum atomic E-state index is -1.25. The summed E-state index contributed by atoms with van der Waals surface area (Å²) in [6.45, 7) is 1.32. The number of hydrogen-bond acceptors (Lipinski definition) is 5. The summed E-state index contributed by atoms with van der Waals surface area (Å²) in [5.41, 5.74) is 0.322.